The van der Waals surface area contributed by atoms with Gasteiger partial charge in [-0.15, -0.1) is 0 Å². The highest BCUT2D eigenvalue weighted by atomic mass is 35.7. The fourth-order valence-electron chi connectivity index (χ4n) is 1.47. The fourth-order valence-corrected chi connectivity index (χ4v) is 2.47. The zero-order valence-corrected chi connectivity index (χ0v) is 13.3. The minimum absolute atomic E-state index is 0.0396. The molecule has 0 spiro atoms. The molecule has 0 amide bonds. The number of nitrogens with zero attached hydrogens (tertiary/aromatic N) is 2. The highest BCUT2D eigenvalue weighted by molar-refractivity contribution is 8.13. The second kappa shape index (κ2) is 6.72. The largest absolute Gasteiger partial charge is 0.372 e. The van der Waals surface area contributed by atoms with Gasteiger partial charge in [0.05, 0.1) is 12.7 Å². The maximum absolute atomic E-state index is 11.5. The lowest BCUT2D eigenvalue weighted by Crippen LogP contribution is -2.09. The predicted molar refractivity (Wildman–Crippen MR) is 74.8 cm³/mol. The van der Waals surface area contributed by atoms with Crippen LogP contribution in [0.5, 0.6) is 0 Å². The maximum Gasteiger partial charge on any atom is 0.264 e. The summed E-state index contributed by atoms with van der Waals surface area (Å²) >= 11 is 0. The van der Waals surface area contributed by atoms with Crippen LogP contribution < -0.4 is 0 Å². The first-order valence-corrected chi connectivity index (χ1v) is 8.74. The van der Waals surface area contributed by atoms with Crippen LogP contribution in [0.4, 0.5) is 0 Å². The Balaban J connectivity index is 3.03. The summed E-state index contributed by atoms with van der Waals surface area (Å²) in [5.41, 5.74) is 0.371. The lowest BCUT2D eigenvalue weighted by Gasteiger charge is -2.10. The van der Waals surface area contributed by atoms with Crippen LogP contribution in [-0.4, -0.2) is 24.3 Å². The predicted octanol–water partition coefficient (Wildman–Crippen LogP) is 3.10. The van der Waals surface area contributed by atoms with E-state index < -0.39 is 9.05 Å². The van der Waals surface area contributed by atoms with Gasteiger partial charge < -0.3 is 4.74 Å². The normalized spacial score (nSPS) is 15.4. The van der Waals surface area contributed by atoms with Crippen LogP contribution in [0.3, 0.4) is 0 Å². The third kappa shape index (κ3) is 4.47. The highest BCUT2D eigenvalue weighted by Gasteiger charge is 2.22. The molecule has 5 nitrogen and oxygen atoms in total. The molecule has 1 heterocycles. The molecule has 0 N–H and O–H groups in total. The third-order valence-corrected chi connectivity index (χ3v) is 4.52. The van der Waals surface area contributed by atoms with E-state index in [0.29, 0.717) is 5.69 Å². The van der Waals surface area contributed by atoms with E-state index in [1.165, 1.54) is 6.20 Å². The van der Waals surface area contributed by atoms with Crippen molar-refractivity contribution in [2.75, 3.05) is 0 Å². The quantitative estimate of drug-likeness (QED) is 0.726. The van der Waals surface area contributed by atoms with Gasteiger partial charge in [0.15, 0.2) is 0 Å². The average molecular weight is 309 g/mol. The van der Waals surface area contributed by atoms with Gasteiger partial charge in [0, 0.05) is 22.9 Å². The fraction of sp³-hybridized carbons (Fsp3) is 0.750. The molecule has 0 aliphatic carbocycles. The van der Waals surface area contributed by atoms with Gasteiger partial charge in [-0.05, 0) is 26.7 Å². The van der Waals surface area contributed by atoms with Crippen LogP contribution in [0, 0.1) is 0 Å². The SMILES string of the molecule is CC[C@@H](C)n1cc(S(=O)(=O)Cl)c(CO[C@@H](C)CC)n1. The van der Waals surface area contributed by atoms with Crippen molar-refractivity contribution in [1.82, 2.24) is 9.78 Å². The molecule has 0 aliphatic heterocycles. The van der Waals surface area contributed by atoms with Gasteiger partial charge in [-0.2, -0.15) is 5.10 Å². The number of aromatic nitrogens is 2. The molecule has 19 heavy (non-hydrogen) atoms. The van der Waals surface area contributed by atoms with Crippen molar-refractivity contribution in [2.24, 2.45) is 0 Å². The molecule has 0 aromatic carbocycles. The summed E-state index contributed by atoms with van der Waals surface area (Å²) in [6.45, 7) is 8.06. The van der Waals surface area contributed by atoms with E-state index in [1.807, 2.05) is 27.7 Å². The Hall–Kier alpha value is -0.590. The summed E-state index contributed by atoms with van der Waals surface area (Å²) in [6.07, 6.45) is 3.25. The second-order valence-corrected chi connectivity index (χ2v) is 7.18. The van der Waals surface area contributed by atoms with Gasteiger partial charge >= 0.3 is 0 Å². The van der Waals surface area contributed by atoms with Crippen molar-refractivity contribution in [2.45, 2.75) is 64.2 Å². The van der Waals surface area contributed by atoms with Crippen molar-refractivity contribution in [3.8, 4) is 0 Å². The van der Waals surface area contributed by atoms with Crippen molar-refractivity contribution in [3.63, 3.8) is 0 Å². The molecule has 0 saturated heterocycles. The molecule has 2 atom stereocenters. The molecule has 0 aliphatic rings. The van der Waals surface area contributed by atoms with E-state index in [9.17, 15) is 8.42 Å². The minimum atomic E-state index is -3.80. The smallest absolute Gasteiger partial charge is 0.264 e. The van der Waals surface area contributed by atoms with Crippen LogP contribution in [-0.2, 0) is 20.4 Å². The Labute approximate surface area is 119 Å². The second-order valence-electron chi connectivity index (χ2n) is 4.65. The minimum Gasteiger partial charge on any atom is -0.372 e. The lowest BCUT2D eigenvalue weighted by atomic mass is 10.3. The molecule has 0 bridgehead atoms. The number of halogens is 1. The highest BCUT2D eigenvalue weighted by Crippen LogP contribution is 2.23. The van der Waals surface area contributed by atoms with Crippen molar-refractivity contribution >= 4 is 19.7 Å². The first-order valence-electron chi connectivity index (χ1n) is 6.43. The van der Waals surface area contributed by atoms with Gasteiger partial charge in [0.1, 0.15) is 10.6 Å². The Morgan fingerprint density at radius 2 is 2.00 bits per heavy atom. The van der Waals surface area contributed by atoms with E-state index in [-0.39, 0.29) is 23.6 Å². The van der Waals surface area contributed by atoms with Crippen LogP contribution in [0.1, 0.15) is 52.3 Å². The average Bonchev–Trinajstić information content (AvgIpc) is 2.78. The Bertz CT molecular complexity index is 513. The molecule has 0 unspecified atom stereocenters. The maximum atomic E-state index is 11.5. The number of hydrogen-bond acceptors (Lipinski definition) is 4. The summed E-state index contributed by atoms with van der Waals surface area (Å²) in [6, 6.07) is 0.120. The molecule has 7 heteroatoms. The molecular formula is C12H21ClN2O3S. The molecule has 0 saturated carbocycles. The molecule has 1 aromatic heterocycles. The van der Waals surface area contributed by atoms with Crippen molar-refractivity contribution in [3.05, 3.63) is 11.9 Å². The van der Waals surface area contributed by atoms with Gasteiger partial charge in [-0.1, -0.05) is 13.8 Å². The van der Waals surface area contributed by atoms with E-state index >= 15 is 0 Å². The monoisotopic (exact) mass is 308 g/mol. The Morgan fingerprint density at radius 1 is 1.37 bits per heavy atom. The topological polar surface area (TPSA) is 61.2 Å². The van der Waals surface area contributed by atoms with Gasteiger partial charge in [-0.25, -0.2) is 8.42 Å². The van der Waals surface area contributed by atoms with Crippen molar-refractivity contribution in [1.29, 1.82) is 0 Å². The van der Waals surface area contributed by atoms with Crippen molar-refractivity contribution < 1.29 is 13.2 Å². The van der Waals surface area contributed by atoms with E-state index in [2.05, 4.69) is 5.10 Å². The Kier molecular flexibility index (Phi) is 5.82. The van der Waals surface area contributed by atoms with Gasteiger partial charge in [0.25, 0.3) is 9.05 Å². The molecule has 1 rings (SSSR count). The standard InChI is InChI=1S/C12H21ClN2O3S/c1-5-9(3)15-7-12(19(13,16)17)11(14-15)8-18-10(4)6-2/h7,9-10H,5-6,8H2,1-4H3/t9-,10+/m1/s1. The van der Waals surface area contributed by atoms with Gasteiger partial charge in [0.2, 0.25) is 0 Å². The molecule has 110 valence electrons. The molecule has 0 radical (unpaired) electrons. The van der Waals surface area contributed by atoms with Crippen LogP contribution in [0.25, 0.3) is 0 Å². The van der Waals surface area contributed by atoms with E-state index in [1.54, 1.807) is 4.68 Å². The van der Waals surface area contributed by atoms with Gasteiger partial charge in [-0.3, -0.25) is 4.68 Å². The zero-order chi connectivity index (χ0) is 14.6. The van der Waals surface area contributed by atoms with E-state index in [4.69, 9.17) is 15.4 Å². The molecule has 0 fully saturated rings. The first-order chi connectivity index (χ1) is 8.79. The Morgan fingerprint density at radius 3 is 2.47 bits per heavy atom. The van der Waals surface area contributed by atoms with Crippen LogP contribution in [0.2, 0.25) is 0 Å². The summed E-state index contributed by atoms with van der Waals surface area (Å²) < 4.78 is 30.3. The number of rotatable bonds is 7. The number of hydrogen-bond donors (Lipinski definition) is 0. The van der Waals surface area contributed by atoms with E-state index in [0.717, 1.165) is 12.8 Å². The molecular weight excluding hydrogens is 288 g/mol. The van der Waals surface area contributed by atoms with Crippen LogP contribution >= 0.6 is 10.7 Å². The lowest BCUT2D eigenvalue weighted by molar-refractivity contribution is 0.0473. The van der Waals surface area contributed by atoms with Crippen LogP contribution in [0.15, 0.2) is 11.1 Å². The molecule has 1 aromatic rings. The summed E-state index contributed by atoms with van der Waals surface area (Å²) in [7, 11) is 1.64. The third-order valence-electron chi connectivity index (χ3n) is 3.15. The zero-order valence-electron chi connectivity index (χ0n) is 11.8. The summed E-state index contributed by atoms with van der Waals surface area (Å²) in [5, 5.41) is 4.28. The summed E-state index contributed by atoms with van der Waals surface area (Å²) in [5.74, 6) is 0. The summed E-state index contributed by atoms with van der Waals surface area (Å²) in [4.78, 5) is 0.0396. The first kappa shape index (κ1) is 16.5. The number of ether oxygens (including phenoxy) is 1.